The molecule has 0 radical (unpaired) electrons. The van der Waals surface area contributed by atoms with Crippen molar-refractivity contribution >= 4 is 11.8 Å². The summed E-state index contributed by atoms with van der Waals surface area (Å²) >= 11 is 0. The van der Waals surface area contributed by atoms with Crippen LogP contribution in [0.15, 0.2) is 78.6 Å². The van der Waals surface area contributed by atoms with Crippen molar-refractivity contribution in [3.05, 3.63) is 95.3 Å². The number of carbonyl (C=O) groups excluding carboxylic acids is 1. The quantitative estimate of drug-likeness (QED) is 0.340. The van der Waals surface area contributed by atoms with Crippen molar-refractivity contribution in [1.29, 1.82) is 5.26 Å². The Morgan fingerprint density at radius 1 is 1.14 bits per heavy atom. The molecule has 0 atom stereocenters. The fourth-order valence-electron chi connectivity index (χ4n) is 4.19. The Labute approximate surface area is 218 Å². The molecule has 1 aliphatic rings. The first-order valence-electron chi connectivity index (χ1n) is 12.6. The van der Waals surface area contributed by atoms with Crippen LogP contribution in [0.2, 0.25) is 0 Å². The zero-order valence-electron chi connectivity index (χ0n) is 21.6. The van der Waals surface area contributed by atoms with Gasteiger partial charge in [0.25, 0.3) is 0 Å². The SMILES string of the molecule is CCN(C=C1CCN(c2ncccc2C(=O)OC(C)C)C1)Cc1ccc(Oc2ccc(C#N)cc2)cc1. The molecular weight excluding hydrogens is 464 g/mol. The van der Waals surface area contributed by atoms with Crippen LogP contribution in [0, 0.1) is 11.3 Å². The molecule has 2 heterocycles. The van der Waals surface area contributed by atoms with Gasteiger partial charge < -0.3 is 19.3 Å². The van der Waals surface area contributed by atoms with Crippen LogP contribution in [0.5, 0.6) is 11.5 Å². The summed E-state index contributed by atoms with van der Waals surface area (Å²) in [6.07, 6.45) is 4.69. The van der Waals surface area contributed by atoms with Crippen LogP contribution in [0.1, 0.15) is 48.7 Å². The number of ether oxygens (including phenoxy) is 2. The van der Waals surface area contributed by atoms with Gasteiger partial charge in [0.05, 0.1) is 17.7 Å². The second-order valence-corrected chi connectivity index (χ2v) is 9.23. The van der Waals surface area contributed by atoms with E-state index in [0.29, 0.717) is 22.7 Å². The molecule has 3 aromatic rings. The monoisotopic (exact) mass is 496 g/mol. The molecule has 2 aromatic carbocycles. The van der Waals surface area contributed by atoms with Crippen molar-refractivity contribution in [3.8, 4) is 17.6 Å². The van der Waals surface area contributed by atoms with E-state index in [2.05, 4.69) is 46.1 Å². The highest BCUT2D eigenvalue weighted by molar-refractivity contribution is 5.95. The van der Waals surface area contributed by atoms with Gasteiger partial charge in [0.1, 0.15) is 22.9 Å². The van der Waals surface area contributed by atoms with Crippen LogP contribution in [-0.4, -0.2) is 41.6 Å². The Bertz CT molecular complexity index is 1280. The van der Waals surface area contributed by atoms with Gasteiger partial charge in [0, 0.05) is 38.6 Å². The fourth-order valence-corrected chi connectivity index (χ4v) is 4.19. The van der Waals surface area contributed by atoms with Crippen molar-refractivity contribution in [1.82, 2.24) is 9.88 Å². The zero-order chi connectivity index (χ0) is 26.2. The van der Waals surface area contributed by atoms with Gasteiger partial charge in [-0.15, -0.1) is 0 Å². The second kappa shape index (κ2) is 12.1. The summed E-state index contributed by atoms with van der Waals surface area (Å²) in [5.74, 6) is 1.80. The highest BCUT2D eigenvalue weighted by Gasteiger charge is 2.24. The van der Waals surface area contributed by atoms with Crippen LogP contribution in [-0.2, 0) is 11.3 Å². The maximum absolute atomic E-state index is 12.6. The van der Waals surface area contributed by atoms with Gasteiger partial charge in [-0.1, -0.05) is 12.1 Å². The summed E-state index contributed by atoms with van der Waals surface area (Å²) in [7, 11) is 0. The lowest BCUT2D eigenvalue weighted by atomic mass is 10.2. The first kappa shape index (κ1) is 25.8. The van der Waals surface area contributed by atoms with Crippen LogP contribution in [0.4, 0.5) is 5.82 Å². The number of pyridine rings is 1. The maximum Gasteiger partial charge on any atom is 0.342 e. The number of carbonyl (C=O) groups is 1. The third-order valence-corrected chi connectivity index (χ3v) is 6.05. The van der Waals surface area contributed by atoms with Gasteiger partial charge in [0.15, 0.2) is 0 Å². The average molecular weight is 497 g/mol. The molecule has 7 heteroatoms. The minimum atomic E-state index is -0.336. The topological polar surface area (TPSA) is 78.7 Å². The molecular formula is C30H32N4O3. The van der Waals surface area contributed by atoms with Gasteiger partial charge in [0.2, 0.25) is 0 Å². The van der Waals surface area contributed by atoms with Gasteiger partial charge >= 0.3 is 5.97 Å². The highest BCUT2D eigenvalue weighted by atomic mass is 16.5. The third-order valence-electron chi connectivity index (χ3n) is 6.05. The molecule has 0 saturated carbocycles. The largest absolute Gasteiger partial charge is 0.459 e. The van der Waals surface area contributed by atoms with E-state index in [1.165, 1.54) is 11.1 Å². The number of anilines is 1. The van der Waals surface area contributed by atoms with Crippen molar-refractivity contribution < 1.29 is 14.3 Å². The van der Waals surface area contributed by atoms with Crippen LogP contribution < -0.4 is 9.64 Å². The molecule has 0 N–H and O–H groups in total. The number of hydrogen-bond acceptors (Lipinski definition) is 7. The molecule has 7 nitrogen and oxygen atoms in total. The molecule has 190 valence electrons. The first-order valence-corrected chi connectivity index (χ1v) is 12.6. The number of nitrogens with zero attached hydrogens (tertiary/aromatic N) is 4. The van der Waals surface area contributed by atoms with Gasteiger partial charge in [-0.2, -0.15) is 5.26 Å². The smallest absolute Gasteiger partial charge is 0.342 e. The summed E-state index contributed by atoms with van der Waals surface area (Å²) in [4.78, 5) is 21.5. The van der Waals surface area contributed by atoms with Crippen LogP contribution in [0.3, 0.4) is 0 Å². The molecule has 1 fully saturated rings. The Kier molecular flexibility index (Phi) is 8.42. The van der Waals surface area contributed by atoms with E-state index in [0.717, 1.165) is 38.3 Å². The van der Waals surface area contributed by atoms with E-state index in [-0.39, 0.29) is 12.1 Å². The summed E-state index contributed by atoms with van der Waals surface area (Å²) in [5.41, 5.74) is 3.60. The summed E-state index contributed by atoms with van der Waals surface area (Å²) in [5, 5.41) is 8.93. The van der Waals surface area contributed by atoms with Crippen LogP contribution >= 0.6 is 0 Å². The van der Waals surface area contributed by atoms with E-state index in [1.807, 2.05) is 26.0 Å². The van der Waals surface area contributed by atoms with E-state index < -0.39 is 0 Å². The molecule has 1 aromatic heterocycles. The molecule has 37 heavy (non-hydrogen) atoms. The Hall–Kier alpha value is -4.31. The van der Waals surface area contributed by atoms with E-state index in [4.69, 9.17) is 14.7 Å². The lowest BCUT2D eigenvalue weighted by molar-refractivity contribution is 0.0378. The molecule has 0 unspecified atom stereocenters. The number of rotatable bonds is 9. The predicted octanol–water partition coefficient (Wildman–Crippen LogP) is 5.93. The Balaban J connectivity index is 1.38. The van der Waals surface area contributed by atoms with E-state index in [9.17, 15) is 4.79 Å². The maximum atomic E-state index is 12.6. The summed E-state index contributed by atoms with van der Waals surface area (Å²) in [6.45, 7) is 9.04. The number of benzene rings is 2. The normalized spacial score (nSPS) is 14.0. The average Bonchev–Trinajstić information content (AvgIpc) is 3.38. The molecule has 0 bridgehead atoms. The Morgan fingerprint density at radius 2 is 1.84 bits per heavy atom. The lowest BCUT2D eigenvalue weighted by Crippen LogP contribution is -2.24. The van der Waals surface area contributed by atoms with E-state index >= 15 is 0 Å². The highest BCUT2D eigenvalue weighted by Crippen LogP contribution is 2.27. The standard InChI is InChI=1S/C30H32N4O3/c1-4-33(19-24-9-13-27(14-10-24)37-26-11-7-23(18-31)8-12-26)20-25-15-17-34(21-25)29-28(6-5-16-32-29)30(35)36-22(2)3/h5-14,16,20,22H,4,15,17,19,21H2,1-3H3. The van der Waals surface area contributed by atoms with Gasteiger partial charge in [-0.25, -0.2) is 9.78 Å². The number of hydrogen-bond donors (Lipinski definition) is 0. The Morgan fingerprint density at radius 3 is 2.49 bits per heavy atom. The van der Waals surface area contributed by atoms with Crippen molar-refractivity contribution in [3.63, 3.8) is 0 Å². The predicted molar refractivity (Wildman–Crippen MR) is 143 cm³/mol. The number of esters is 1. The minimum absolute atomic E-state index is 0.177. The molecule has 1 aliphatic heterocycles. The van der Waals surface area contributed by atoms with E-state index in [1.54, 1.807) is 42.6 Å². The second-order valence-electron chi connectivity index (χ2n) is 9.23. The zero-order valence-corrected chi connectivity index (χ0v) is 21.6. The van der Waals surface area contributed by atoms with Crippen molar-refractivity contribution in [2.24, 2.45) is 0 Å². The van der Waals surface area contributed by atoms with Crippen molar-refractivity contribution in [2.75, 3.05) is 24.5 Å². The summed E-state index contributed by atoms with van der Waals surface area (Å²) in [6, 6.07) is 20.8. The van der Waals surface area contributed by atoms with Gasteiger partial charge in [-0.3, -0.25) is 0 Å². The first-order chi connectivity index (χ1) is 17.9. The fraction of sp³-hybridized carbons (Fsp3) is 0.300. The molecule has 0 spiro atoms. The molecule has 1 saturated heterocycles. The van der Waals surface area contributed by atoms with Crippen LogP contribution in [0.25, 0.3) is 0 Å². The van der Waals surface area contributed by atoms with Gasteiger partial charge in [-0.05, 0) is 86.9 Å². The third kappa shape index (κ3) is 6.89. The molecule has 0 amide bonds. The number of aromatic nitrogens is 1. The number of nitriles is 1. The lowest BCUT2D eigenvalue weighted by Gasteiger charge is -2.21. The minimum Gasteiger partial charge on any atom is -0.459 e. The summed E-state index contributed by atoms with van der Waals surface area (Å²) < 4.78 is 11.3. The van der Waals surface area contributed by atoms with Crippen molar-refractivity contribution in [2.45, 2.75) is 39.8 Å². The molecule has 4 rings (SSSR count). The molecule has 0 aliphatic carbocycles.